The summed E-state index contributed by atoms with van der Waals surface area (Å²) in [5.41, 5.74) is 2.39. The molecule has 0 unspecified atom stereocenters. The lowest BCUT2D eigenvalue weighted by Gasteiger charge is -1.98. The van der Waals surface area contributed by atoms with Gasteiger partial charge < -0.3 is 0 Å². The Morgan fingerprint density at radius 1 is 0.789 bits per heavy atom. The summed E-state index contributed by atoms with van der Waals surface area (Å²) in [6.45, 7) is 0. The van der Waals surface area contributed by atoms with E-state index in [1.54, 1.807) is 11.3 Å². The van der Waals surface area contributed by atoms with Crippen molar-refractivity contribution >= 4 is 11.3 Å². The van der Waals surface area contributed by atoms with Crippen molar-refractivity contribution in [1.82, 2.24) is 0 Å². The minimum absolute atomic E-state index is 0.190. The van der Waals surface area contributed by atoms with Gasteiger partial charge in [-0.3, -0.25) is 0 Å². The second-order valence-electron chi connectivity index (χ2n) is 4.44. The maximum Gasteiger partial charge on any atom is 0.123 e. The van der Waals surface area contributed by atoms with Crippen molar-refractivity contribution in [2.24, 2.45) is 0 Å². The van der Waals surface area contributed by atoms with Crippen LogP contribution in [-0.2, 0) is 6.42 Å². The van der Waals surface area contributed by atoms with Crippen LogP contribution in [0.4, 0.5) is 4.39 Å². The first-order valence-electron chi connectivity index (χ1n) is 6.20. The molecule has 0 aliphatic heterocycles. The van der Waals surface area contributed by atoms with E-state index < -0.39 is 0 Å². The monoisotopic (exact) mass is 268 g/mol. The molecule has 1 heterocycles. The molecule has 0 amide bonds. The molecule has 0 saturated heterocycles. The summed E-state index contributed by atoms with van der Waals surface area (Å²) < 4.78 is 12.9. The molecular formula is C17H13FS. The van der Waals surface area contributed by atoms with Crippen molar-refractivity contribution < 1.29 is 4.39 Å². The molecule has 0 N–H and O–H groups in total. The minimum atomic E-state index is -0.190. The van der Waals surface area contributed by atoms with Gasteiger partial charge in [-0.2, -0.15) is 0 Å². The summed E-state index contributed by atoms with van der Waals surface area (Å²) in [6, 6.07) is 21.3. The fourth-order valence-electron chi connectivity index (χ4n) is 2.04. The third-order valence-corrected chi connectivity index (χ3v) is 4.15. The zero-order valence-electron chi connectivity index (χ0n) is 10.3. The van der Waals surface area contributed by atoms with Gasteiger partial charge in [0.05, 0.1) is 0 Å². The maximum atomic E-state index is 12.9. The van der Waals surface area contributed by atoms with E-state index in [9.17, 15) is 4.39 Å². The summed E-state index contributed by atoms with van der Waals surface area (Å²) >= 11 is 1.76. The molecule has 2 aromatic carbocycles. The van der Waals surface area contributed by atoms with Crippen molar-refractivity contribution in [2.45, 2.75) is 6.42 Å². The molecule has 0 aliphatic rings. The van der Waals surface area contributed by atoms with Gasteiger partial charge in [0.15, 0.2) is 0 Å². The summed E-state index contributed by atoms with van der Waals surface area (Å²) in [5.74, 6) is -0.190. The average Bonchev–Trinajstić information content (AvgIpc) is 2.89. The molecule has 94 valence electrons. The first kappa shape index (κ1) is 12.1. The van der Waals surface area contributed by atoms with Gasteiger partial charge in [0.25, 0.3) is 0 Å². The molecule has 0 saturated carbocycles. The van der Waals surface area contributed by atoms with Gasteiger partial charge in [0.2, 0.25) is 0 Å². The van der Waals surface area contributed by atoms with Crippen LogP contribution >= 0.6 is 11.3 Å². The molecule has 3 rings (SSSR count). The first-order chi connectivity index (χ1) is 9.31. The van der Waals surface area contributed by atoms with Crippen LogP contribution in [0.2, 0.25) is 0 Å². The van der Waals surface area contributed by atoms with Gasteiger partial charge in [0.1, 0.15) is 5.82 Å². The minimum Gasteiger partial charge on any atom is -0.207 e. The first-order valence-corrected chi connectivity index (χ1v) is 7.01. The largest absolute Gasteiger partial charge is 0.207 e. The predicted octanol–water partition coefficient (Wildman–Crippen LogP) is 5.15. The standard InChI is InChI=1S/C17H13FS/c18-15-8-6-14(7-9-15)17-11-10-16(19-17)12-13-4-2-1-3-5-13/h1-11H,12H2. The van der Waals surface area contributed by atoms with Crippen molar-refractivity contribution in [3.8, 4) is 10.4 Å². The highest BCUT2D eigenvalue weighted by atomic mass is 32.1. The van der Waals surface area contributed by atoms with Crippen LogP contribution in [-0.4, -0.2) is 0 Å². The Labute approximate surface area is 116 Å². The molecular weight excluding hydrogens is 255 g/mol. The van der Waals surface area contributed by atoms with E-state index in [0.717, 1.165) is 12.0 Å². The smallest absolute Gasteiger partial charge is 0.123 e. The Morgan fingerprint density at radius 3 is 2.26 bits per heavy atom. The molecule has 0 spiro atoms. The zero-order valence-corrected chi connectivity index (χ0v) is 11.2. The summed E-state index contributed by atoms with van der Waals surface area (Å²) in [4.78, 5) is 2.51. The SMILES string of the molecule is Fc1ccc(-c2ccc(Cc3ccccc3)s2)cc1. The van der Waals surface area contributed by atoms with Crippen molar-refractivity contribution in [3.63, 3.8) is 0 Å². The average molecular weight is 268 g/mol. The fraction of sp³-hybridized carbons (Fsp3) is 0.0588. The van der Waals surface area contributed by atoms with Crippen LogP contribution in [0.25, 0.3) is 10.4 Å². The highest BCUT2D eigenvalue weighted by Gasteiger charge is 2.04. The van der Waals surface area contributed by atoms with Crippen molar-refractivity contribution in [3.05, 3.63) is 83.0 Å². The zero-order chi connectivity index (χ0) is 13.1. The van der Waals surface area contributed by atoms with Crippen molar-refractivity contribution in [2.75, 3.05) is 0 Å². The second-order valence-corrected chi connectivity index (χ2v) is 5.60. The van der Waals surface area contributed by atoms with Gasteiger partial charge in [-0.1, -0.05) is 42.5 Å². The van der Waals surface area contributed by atoms with Gasteiger partial charge in [-0.25, -0.2) is 4.39 Å². The van der Waals surface area contributed by atoms with Gasteiger partial charge in [0, 0.05) is 16.2 Å². The molecule has 0 aliphatic carbocycles. The van der Waals surface area contributed by atoms with Crippen molar-refractivity contribution in [1.29, 1.82) is 0 Å². The number of hydrogen-bond donors (Lipinski definition) is 0. The Bertz CT molecular complexity index is 653. The van der Waals surface area contributed by atoms with Crippen LogP contribution in [0.3, 0.4) is 0 Å². The second kappa shape index (κ2) is 5.37. The molecule has 0 nitrogen and oxygen atoms in total. The number of benzene rings is 2. The van der Waals surface area contributed by atoms with Gasteiger partial charge >= 0.3 is 0 Å². The number of hydrogen-bond acceptors (Lipinski definition) is 1. The normalized spacial score (nSPS) is 10.6. The quantitative estimate of drug-likeness (QED) is 0.616. The van der Waals surface area contributed by atoms with E-state index in [-0.39, 0.29) is 5.82 Å². The highest BCUT2D eigenvalue weighted by Crippen LogP contribution is 2.29. The molecule has 0 atom stereocenters. The van der Waals surface area contributed by atoms with Crippen LogP contribution in [0, 0.1) is 5.82 Å². The lowest BCUT2D eigenvalue weighted by atomic mass is 10.1. The van der Waals surface area contributed by atoms with E-state index in [2.05, 4.69) is 36.4 Å². The number of rotatable bonds is 3. The highest BCUT2D eigenvalue weighted by molar-refractivity contribution is 7.15. The van der Waals surface area contributed by atoms with Gasteiger partial charge in [-0.15, -0.1) is 11.3 Å². The van der Waals surface area contributed by atoms with E-state index in [1.807, 2.05) is 18.2 Å². The van der Waals surface area contributed by atoms with E-state index in [0.29, 0.717) is 0 Å². The third-order valence-electron chi connectivity index (χ3n) is 3.01. The molecule has 19 heavy (non-hydrogen) atoms. The Kier molecular flexibility index (Phi) is 3.43. The van der Waals surface area contributed by atoms with Gasteiger partial charge in [-0.05, 0) is 35.4 Å². The summed E-state index contributed by atoms with van der Waals surface area (Å²) in [5, 5.41) is 0. The Balaban J connectivity index is 1.82. The Morgan fingerprint density at radius 2 is 1.53 bits per heavy atom. The van der Waals surface area contributed by atoms with E-state index in [1.165, 1.54) is 27.5 Å². The summed E-state index contributed by atoms with van der Waals surface area (Å²) in [7, 11) is 0. The molecule has 0 radical (unpaired) electrons. The summed E-state index contributed by atoms with van der Waals surface area (Å²) in [6.07, 6.45) is 0.951. The molecule has 2 heteroatoms. The molecule has 0 bridgehead atoms. The lowest BCUT2D eigenvalue weighted by molar-refractivity contribution is 0.628. The Hall–Kier alpha value is -1.93. The molecule has 3 aromatic rings. The lowest BCUT2D eigenvalue weighted by Crippen LogP contribution is -1.81. The molecule has 1 aromatic heterocycles. The molecule has 0 fully saturated rings. The maximum absolute atomic E-state index is 12.9. The van der Waals surface area contributed by atoms with Crippen LogP contribution < -0.4 is 0 Å². The predicted molar refractivity (Wildman–Crippen MR) is 79.0 cm³/mol. The van der Waals surface area contributed by atoms with Crippen LogP contribution in [0.15, 0.2) is 66.7 Å². The van der Waals surface area contributed by atoms with Crippen LogP contribution in [0.5, 0.6) is 0 Å². The van der Waals surface area contributed by atoms with Crippen LogP contribution in [0.1, 0.15) is 10.4 Å². The fourth-order valence-corrected chi connectivity index (χ4v) is 3.09. The number of halogens is 1. The third kappa shape index (κ3) is 2.91. The number of thiophene rings is 1. The van der Waals surface area contributed by atoms with E-state index in [4.69, 9.17) is 0 Å². The topological polar surface area (TPSA) is 0 Å². The van der Waals surface area contributed by atoms with E-state index >= 15 is 0 Å².